The second-order valence-electron chi connectivity index (χ2n) is 3.75. The maximum atomic E-state index is 5.72. The molecule has 0 radical (unpaired) electrons. The van der Waals surface area contributed by atoms with Crippen LogP contribution in [0.2, 0.25) is 0 Å². The zero-order valence-electron chi connectivity index (χ0n) is 9.38. The predicted molar refractivity (Wildman–Crippen MR) is 73.8 cm³/mol. The summed E-state index contributed by atoms with van der Waals surface area (Å²) in [5.41, 5.74) is 0.905. The molecule has 3 rings (SSSR count). The number of halogens is 1. The van der Waals surface area contributed by atoms with Gasteiger partial charge in [-0.05, 0) is 46.3 Å². The van der Waals surface area contributed by atoms with E-state index in [4.69, 9.17) is 4.74 Å². The quantitative estimate of drug-likeness (QED) is 0.712. The Balaban J connectivity index is 1.98. The van der Waals surface area contributed by atoms with Crippen LogP contribution in [0.4, 0.5) is 0 Å². The first kappa shape index (κ1) is 11.2. The Morgan fingerprint density at radius 2 is 1.78 bits per heavy atom. The lowest BCUT2D eigenvalue weighted by atomic mass is 10.2. The summed E-state index contributed by atoms with van der Waals surface area (Å²) >= 11 is 3.40. The van der Waals surface area contributed by atoms with E-state index in [2.05, 4.69) is 25.9 Å². The summed E-state index contributed by atoms with van der Waals surface area (Å²) in [5.74, 6) is 1.27. The summed E-state index contributed by atoms with van der Waals surface area (Å²) in [7, 11) is 0. The molecule has 0 bridgehead atoms. The molecule has 0 spiro atoms. The second-order valence-corrected chi connectivity index (χ2v) is 4.60. The highest BCUT2D eigenvalue weighted by Gasteiger charge is 2.04. The Bertz CT molecular complexity index is 700. The average molecular weight is 301 g/mol. The fourth-order valence-corrected chi connectivity index (χ4v) is 2.00. The summed E-state index contributed by atoms with van der Waals surface area (Å²) < 4.78 is 6.54. The van der Waals surface area contributed by atoms with Crippen molar-refractivity contribution >= 4 is 26.8 Å². The van der Waals surface area contributed by atoms with E-state index in [1.165, 1.54) is 0 Å². The Hall–Kier alpha value is -1.94. The molecule has 2 heterocycles. The Labute approximate surface area is 113 Å². The van der Waals surface area contributed by atoms with Gasteiger partial charge in [-0.3, -0.25) is 4.98 Å². The summed E-state index contributed by atoms with van der Waals surface area (Å²) in [6, 6.07) is 13.5. The fraction of sp³-hybridized carbons (Fsp3) is 0. The molecule has 18 heavy (non-hydrogen) atoms. The molecule has 3 aromatic rings. The van der Waals surface area contributed by atoms with Crippen LogP contribution in [0.5, 0.6) is 11.6 Å². The molecule has 0 aliphatic carbocycles. The van der Waals surface area contributed by atoms with Gasteiger partial charge in [-0.25, -0.2) is 4.98 Å². The van der Waals surface area contributed by atoms with E-state index in [0.717, 1.165) is 21.1 Å². The minimum Gasteiger partial charge on any atom is -0.438 e. The lowest BCUT2D eigenvalue weighted by Crippen LogP contribution is -1.89. The van der Waals surface area contributed by atoms with E-state index in [9.17, 15) is 0 Å². The highest BCUT2D eigenvalue weighted by Crippen LogP contribution is 2.28. The zero-order valence-corrected chi connectivity index (χ0v) is 11.0. The molecule has 0 unspecified atom stereocenters. The van der Waals surface area contributed by atoms with Crippen molar-refractivity contribution in [3.63, 3.8) is 0 Å². The number of ether oxygens (including phenoxy) is 1. The fourth-order valence-electron chi connectivity index (χ4n) is 1.67. The summed E-state index contributed by atoms with van der Waals surface area (Å²) in [6.45, 7) is 0. The highest BCUT2D eigenvalue weighted by molar-refractivity contribution is 9.10. The Morgan fingerprint density at radius 1 is 0.944 bits per heavy atom. The van der Waals surface area contributed by atoms with Gasteiger partial charge in [0.1, 0.15) is 5.75 Å². The smallest absolute Gasteiger partial charge is 0.233 e. The van der Waals surface area contributed by atoms with Gasteiger partial charge in [0.2, 0.25) is 5.88 Å². The normalized spacial score (nSPS) is 10.5. The molecule has 2 aromatic heterocycles. The van der Waals surface area contributed by atoms with Crippen LogP contribution in [-0.4, -0.2) is 9.97 Å². The van der Waals surface area contributed by atoms with E-state index >= 15 is 0 Å². The van der Waals surface area contributed by atoms with Gasteiger partial charge >= 0.3 is 0 Å². The minimum atomic E-state index is 0.549. The third kappa shape index (κ3) is 2.19. The van der Waals surface area contributed by atoms with E-state index in [0.29, 0.717) is 5.88 Å². The predicted octanol–water partition coefficient (Wildman–Crippen LogP) is 4.18. The summed E-state index contributed by atoms with van der Waals surface area (Å²) in [4.78, 5) is 8.46. The molecular formula is C14H9BrN2O. The lowest BCUT2D eigenvalue weighted by molar-refractivity contribution is 0.460. The van der Waals surface area contributed by atoms with Gasteiger partial charge in [0.15, 0.2) is 0 Å². The molecule has 1 aromatic carbocycles. The van der Waals surface area contributed by atoms with Crippen LogP contribution in [0.25, 0.3) is 10.9 Å². The molecule has 0 amide bonds. The summed E-state index contributed by atoms with van der Waals surface area (Å²) in [5, 5.41) is 1.09. The van der Waals surface area contributed by atoms with Gasteiger partial charge in [-0.2, -0.15) is 0 Å². The Morgan fingerprint density at radius 3 is 2.67 bits per heavy atom. The SMILES string of the molecule is Brc1cccnc1Oc1ccc2cccnc2c1. The van der Waals surface area contributed by atoms with Crippen LogP contribution < -0.4 is 4.74 Å². The van der Waals surface area contributed by atoms with Crippen LogP contribution in [0.1, 0.15) is 0 Å². The molecule has 0 N–H and O–H groups in total. The lowest BCUT2D eigenvalue weighted by Gasteiger charge is -2.06. The highest BCUT2D eigenvalue weighted by atomic mass is 79.9. The largest absolute Gasteiger partial charge is 0.438 e. The number of hydrogen-bond donors (Lipinski definition) is 0. The van der Waals surface area contributed by atoms with Gasteiger partial charge in [-0.15, -0.1) is 0 Å². The van der Waals surface area contributed by atoms with Crippen molar-refractivity contribution in [2.45, 2.75) is 0 Å². The van der Waals surface area contributed by atoms with E-state index < -0.39 is 0 Å². The molecule has 0 aliphatic heterocycles. The van der Waals surface area contributed by atoms with Crippen LogP contribution in [0.15, 0.2) is 59.3 Å². The van der Waals surface area contributed by atoms with Crippen molar-refractivity contribution in [3.05, 3.63) is 59.3 Å². The van der Waals surface area contributed by atoms with Crippen LogP contribution >= 0.6 is 15.9 Å². The van der Waals surface area contributed by atoms with Gasteiger partial charge in [0, 0.05) is 23.8 Å². The van der Waals surface area contributed by atoms with Gasteiger partial charge in [0.05, 0.1) is 9.99 Å². The number of hydrogen-bond acceptors (Lipinski definition) is 3. The molecule has 88 valence electrons. The average Bonchev–Trinajstić information content (AvgIpc) is 2.41. The number of nitrogens with zero attached hydrogens (tertiary/aromatic N) is 2. The van der Waals surface area contributed by atoms with Crippen LogP contribution in [-0.2, 0) is 0 Å². The molecular weight excluding hydrogens is 292 g/mol. The number of rotatable bonds is 2. The summed E-state index contributed by atoms with van der Waals surface area (Å²) in [6.07, 6.45) is 3.46. The third-order valence-electron chi connectivity index (χ3n) is 2.52. The standard InChI is InChI=1S/C14H9BrN2O/c15-12-4-2-8-17-14(12)18-11-6-5-10-3-1-7-16-13(10)9-11/h1-9H. The monoisotopic (exact) mass is 300 g/mol. The van der Waals surface area contributed by atoms with Gasteiger partial charge in [0.25, 0.3) is 0 Å². The topological polar surface area (TPSA) is 35.0 Å². The van der Waals surface area contributed by atoms with E-state index in [1.54, 1.807) is 12.4 Å². The molecule has 0 atom stereocenters. The first-order valence-corrected chi connectivity index (χ1v) is 6.25. The zero-order chi connectivity index (χ0) is 12.4. The van der Waals surface area contributed by atoms with Crippen LogP contribution in [0, 0.1) is 0 Å². The van der Waals surface area contributed by atoms with Crippen molar-refractivity contribution in [1.29, 1.82) is 0 Å². The maximum Gasteiger partial charge on any atom is 0.233 e. The van der Waals surface area contributed by atoms with Gasteiger partial charge < -0.3 is 4.74 Å². The molecule has 3 nitrogen and oxygen atoms in total. The van der Waals surface area contributed by atoms with Crippen molar-refractivity contribution < 1.29 is 4.74 Å². The molecule has 0 saturated heterocycles. The molecule has 4 heteroatoms. The molecule has 0 fully saturated rings. The molecule has 0 aliphatic rings. The van der Waals surface area contributed by atoms with E-state index in [1.807, 2.05) is 42.5 Å². The number of benzene rings is 1. The number of pyridine rings is 2. The van der Waals surface area contributed by atoms with Crippen molar-refractivity contribution in [2.75, 3.05) is 0 Å². The Kier molecular flexibility index (Phi) is 2.94. The van der Waals surface area contributed by atoms with Crippen molar-refractivity contribution in [2.24, 2.45) is 0 Å². The molecule has 0 saturated carbocycles. The first-order chi connectivity index (χ1) is 8.83. The third-order valence-corrected chi connectivity index (χ3v) is 3.12. The number of fused-ring (bicyclic) bond motifs is 1. The maximum absolute atomic E-state index is 5.72. The van der Waals surface area contributed by atoms with Crippen molar-refractivity contribution in [3.8, 4) is 11.6 Å². The second kappa shape index (κ2) is 4.74. The number of aromatic nitrogens is 2. The first-order valence-electron chi connectivity index (χ1n) is 5.46. The van der Waals surface area contributed by atoms with Crippen LogP contribution in [0.3, 0.4) is 0 Å². The van der Waals surface area contributed by atoms with E-state index in [-0.39, 0.29) is 0 Å². The minimum absolute atomic E-state index is 0.549. The van der Waals surface area contributed by atoms with Gasteiger partial charge in [-0.1, -0.05) is 6.07 Å². The van der Waals surface area contributed by atoms with Crippen molar-refractivity contribution in [1.82, 2.24) is 9.97 Å².